The molecule has 7 heteroatoms. The van der Waals surface area contributed by atoms with Gasteiger partial charge in [0.05, 0.1) is 6.61 Å². The lowest BCUT2D eigenvalue weighted by molar-refractivity contribution is -0.337. The number of rotatable bonds is 4. The van der Waals surface area contributed by atoms with Crippen LogP contribution in [-0.2, 0) is 19.0 Å². The van der Waals surface area contributed by atoms with E-state index < -0.39 is 36.9 Å². The maximum Gasteiger partial charge on any atom is 0.221 e. The van der Waals surface area contributed by atoms with Crippen LogP contribution in [0.1, 0.15) is 24.7 Å². The fraction of sp³-hybridized carbons (Fsp3) is 0.500. The Labute approximate surface area is 145 Å². The Morgan fingerprint density at radius 2 is 2.04 bits per heavy atom. The number of benzene rings is 1. The van der Waals surface area contributed by atoms with Crippen LogP contribution in [-0.4, -0.2) is 53.4 Å². The third kappa shape index (κ3) is 4.00. The van der Waals surface area contributed by atoms with Gasteiger partial charge in [0.25, 0.3) is 0 Å². The molecular weight excluding hydrogens is 326 g/mol. The van der Waals surface area contributed by atoms with Crippen molar-refractivity contribution in [1.82, 2.24) is 5.32 Å². The Kier molecular flexibility index (Phi) is 5.68. The molecule has 0 bridgehead atoms. The summed E-state index contributed by atoms with van der Waals surface area (Å²) in [7, 11) is 0. The first kappa shape index (κ1) is 17.9. The number of aliphatic hydroxyl groups excluding tert-OH is 2. The average molecular weight is 347 g/mol. The Morgan fingerprint density at radius 3 is 2.76 bits per heavy atom. The van der Waals surface area contributed by atoms with E-state index in [0.717, 1.165) is 5.56 Å². The summed E-state index contributed by atoms with van der Waals surface area (Å²) in [5.41, 5.74) is 0.814. The highest BCUT2D eigenvalue weighted by Gasteiger charge is 2.49. The second kappa shape index (κ2) is 7.95. The fourth-order valence-electron chi connectivity index (χ4n) is 2.99. The molecule has 0 aliphatic carbocycles. The molecule has 6 atom stereocenters. The zero-order valence-electron chi connectivity index (χ0n) is 13.6. The van der Waals surface area contributed by atoms with Crippen molar-refractivity contribution in [2.75, 3.05) is 6.61 Å². The van der Waals surface area contributed by atoms with E-state index in [1.165, 1.54) is 0 Å². The van der Waals surface area contributed by atoms with E-state index in [-0.39, 0.29) is 25.4 Å². The number of amides is 1. The van der Waals surface area contributed by atoms with E-state index >= 15 is 0 Å². The van der Waals surface area contributed by atoms with Crippen molar-refractivity contribution in [1.29, 1.82) is 0 Å². The Bertz CT molecular complexity index is 630. The minimum absolute atomic E-state index is 0.108. The van der Waals surface area contributed by atoms with Gasteiger partial charge in [-0.25, -0.2) is 0 Å². The third-order valence-electron chi connectivity index (χ3n) is 4.28. The van der Waals surface area contributed by atoms with Crippen molar-refractivity contribution >= 4 is 5.91 Å². The molecule has 3 rings (SSSR count). The molecular formula is C18H21NO6. The number of ether oxygens (including phenoxy) is 3. The molecule has 2 fully saturated rings. The van der Waals surface area contributed by atoms with E-state index in [0.29, 0.717) is 0 Å². The van der Waals surface area contributed by atoms with Crippen molar-refractivity contribution in [3.8, 4) is 12.3 Å². The van der Waals surface area contributed by atoms with Crippen LogP contribution in [0.4, 0.5) is 0 Å². The molecule has 0 aromatic heterocycles. The predicted molar refractivity (Wildman–Crippen MR) is 86.9 cm³/mol. The van der Waals surface area contributed by atoms with Crippen LogP contribution in [0.3, 0.4) is 0 Å². The van der Waals surface area contributed by atoms with Gasteiger partial charge in [0.15, 0.2) is 12.6 Å². The summed E-state index contributed by atoms with van der Waals surface area (Å²) in [5.74, 6) is 2.00. The second-order valence-corrected chi connectivity index (χ2v) is 6.03. The highest BCUT2D eigenvalue weighted by atomic mass is 16.7. The van der Waals surface area contributed by atoms with Crippen LogP contribution in [0.2, 0.25) is 0 Å². The SMILES string of the molecule is C#CCCC(=O)N[C@H]1C(O)O[C@@H]2COC(c3ccccc3)O[C@H]2[C@@H]1O. The Balaban J connectivity index is 1.68. The molecule has 0 spiro atoms. The van der Waals surface area contributed by atoms with E-state index in [4.69, 9.17) is 20.6 Å². The molecule has 1 aromatic carbocycles. The molecule has 1 amide bonds. The Hall–Kier alpha value is -1.95. The highest BCUT2D eigenvalue weighted by Crippen LogP contribution is 2.33. The normalized spacial score (nSPS) is 34.6. The molecule has 2 heterocycles. The van der Waals surface area contributed by atoms with Crippen LogP contribution in [0.5, 0.6) is 0 Å². The molecule has 2 aliphatic rings. The Morgan fingerprint density at radius 1 is 1.28 bits per heavy atom. The van der Waals surface area contributed by atoms with Crippen LogP contribution in [0.25, 0.3) is 0 Å². The van der Waals surface area contributed by atoms with Crippen LogP contribution < -0.4 is 5.32 Å². The van der Waals surface area contributed by atoms with Gasteiger partial charge < -0.3 is 29.7 Å². The van der Waals surface area contributed by atoms with Gasteiger partial charge in [0.2, 0.25) is 5.91 Å². The molecule has 2 saturated heterocycles. The zero-order valence-corrected chi connectivity index (χ0v) is 13.6. The van der Waals surface area contributed by atoms with Gasteiger partial charge >= 0.3 is 0 Å². The maximum atomic E-state index is 11.9. The minimum Gasteiger partial charge on any atom is -0.388 e. The van der Waals surface area contributed by atoms with E-state index in [1.807, 2.05) is 30.3 Å². The topological polar surface area (TPSA) is 97.3 Å². The van der Waals surface area contributed by atoms with Gasteiger partial charge in [-0.15, -0.1) is 12.3 Å². The monoisotopic (exact) mass is 347 g/mol. The molecule has 25 heavy (non-hydrogen) atoms. The number of hydrogen-bond acceptors (Lipinski definition) is 6. The summed E-state index contributed by atoms with van der Waals surface area (Å²) in [6.45, 7) is 0.163. The number of hydrogen-bond donors (Lipinski definition) is 3. The number of fused-ring (bicyclic) bond motifs is 1. The first-order valence-electron chi connectivity index (χ1n) is 8.16. The lowest BCUT2D eigenvalue weighted by atomic mass is 9.95. The molecule has 7 nitrogen and oxygen atoms in total. The van der Waals surface area contributed by atoms with Gasteiger partial charge in [-0.3, -0.25) is 4.79 Å². The lowest BCUT2D eigenvalue weighted by Crippen LogP contribution is -2.66. The third-order valence-corrected chi connectivity index (χ3v) is 4.28. The zero-order chi connectivity index (χ0) is 17.8. The molecule has 134 valence electrons. The standard InChI is InChI=1S/C18H21NO6/c1-2-3-9-13(20)19-14-15(21)16-12(24-17(14)22)10-23-18(25-16)11-7-5-4-6-8-11/h1,4-8,12,14-18,21-22H,3,9-10H2,(H,19,20)/t12-,14-,15-,16-,17?,18?/m1/s1. The van der Waals surface area contributed by atoms with Crippen LogP contribution in [0, 0.1) is 12.3 Å². The summed E-state index contributed by atoms with van der Waals surface area (Å²) in [6.07, 6.45) is 1.02. The summed E-state index contributed by atoms with van der Waals surface area (Å²) in [6, 6.07) is 8.32. The van der Waals surface area contributed by atoms with Crippen molar-refractivity contribution in [2.45, 2.75) is 49.8 Å². The number of carbonyl (C=O) groups is 1. The van der Waals surface area contributed by atoms with Crippen molar-refractivity contribution in [3.05, 3.63) is 35.9 Å². The highest BCUT2D eigenvalue weighted by molar-refractivity contribution is 5.76. The van der Waals surface area contributed by atoms with Gasteiger partial charge in [-0.1, -0.05) is 30.3 Å². The predicted octanol–water partition coefficient (Wildman–Crippen LogP) is 0.0769. The van der Waals surface area contributed by atoms with E-state index in [2.05, 4.69) is 11.2 Å². The maximum absolute atomic E-state index is 11.9. The number of carbonyl (C=O) groups excluding carboxylic acids is 1. The van der Waals surface area contributed by atoms with Gasteiger partial charge in [0.1, 0.15) is 24.4 Å². The molecule has 1 aromatic rings. The summed E-state index contributed by atoms with van der Waals surface area (Å²) in [5, 5.41) is 23.2. The summed E-state index contributed by atoms with van der Waals surface area (Å²) >= 11 is 0. The average Bonchev–Trinajstić information content (AvgIpc) is 2.64. The van der Waals surface area contributed by atoms with Crippen LogP contribution in [0.15, 0.2) is 30.3 Å². The van der Waals surface area contributed by atoms with Gasteiger partial charge in [-0.2, -0.15) is 0 Å². The van der Waals surface area contributed by atoms with E-state index in [9.17, 15) is 15.0 Å². The molecule has 3 N–H and O–H groups in total. The summed E-state index contributed by atoms with van der Waals surface area (Å²) in [4.78, 5) is 11.9. The fourth-order valence-corrected chi connectivity index (χ4v) is 2.99. The first-order valence-corrected chi connectivity index (χ1v) is 8.16. The molecule has 2 aliphatic heterocycles. The van der Waals surface area contributed by atoms with Gasteiger partial charge in [-0.05, 0) is 0 Å². The molecule has 0 saturated carbocycles. The molecule has 0 radical (unpaired) electrons. The summed E-state index contributed by atoms with van der Waals surface area (Å²) < 4.78 is 16.9. The number of aliphatic hydroxyl groups is 2. The minimum atomic E-state index is -1.36. The molecule has 2 unspecified atom stereocenters. The second-order valence-electron chi connectivity index (χ2n) is 6.03. The van der Waals surface area contributed by atoms with Crippen molar-refractivity contribution in [3.63, 3.8) is 0 Å². The largest absolute Gasteiger partial charge is 0.388 e. The van der Waals surface area contributed by atoms with Gasteiger partial charge in [0, 0.05) is 18.4 Å². The smallest absolute Gasteiger partial charge is 0.221 e. The lowest BCUT2D eigenvalue weighted by Gasteiger charge is -2.46. The number of terminal acetylenes is 1. The quantitative estimate of drug-likeness (QED) is 0.668. The van der Waals surface area contributed by atoms with Crippen molar-refractivity contribution < 1.29 is 29.2 Å². The van der Waals surface area contributed by atoms with Crippen LogP contribution >= 0.6 is 0 Å². The number of nitrogens with one attached hydrogen (secondary N) is 1. The van der Waals surface area contributed by atoms with E-state index in [1.54, 1.807) is 0 Å². The first-order chi connectivity index (χ1) is 12.1. The van der Waals surface area contributed by atoms with Crippen molar-refractivity contribution in [2.24, 2.45) is 0 Å².